The van der Waals surface area contributed by atoms with Gasteiger partial charge in [0.15, 0.2) is 0 Å². The maximum absolute atomic E-state index is 11.8. The van der Waals surface area contributed by atoms with Crippen molar-refractivity contribution < 1.29 is 4.39 Å². The predicted octanol–water partition coefficient (Wildman–Crippen LogP) is 1.99. The van der Waals surface area contributed by atoms with E-state index in [1.54, 1.807) is 0 Å². The summed E-state index contributed by atoms with van der Waals surface area (Å²) < 4.78 is 11.8. The summed E-state index contributed by atoms with van der Waals surface area (Å²) in [6.45, 7) is 3.73. The summed E-state index contributed by atoms with van der Waals surface area (Å²) in [6, 6.07) is 0. The summed E-state index contributed by atoms with van der Waals surface area (Å²) in [5.74, 6) is 1.63. The summed E-state index contributed by atoms with van der Waals surface area (Å²) in [7, 11) is 0. The Labute approximate surface area is 75.2 Å². The van der Waals surface area contributed by atoms with Crippen LogP contribution in [0.4, 0.5) is 4.39 Å². The first-order valence-corrected chi connectivity index (χ1v) is 4.83. The zero-order valence-electron chi connectivity index (χ0n) is 7.17. The molecule has 0 unspecified atom stereocenters. The Hall–Kier alpha value is -0.580. The minimum Gasteiger partial charge on any atom is -0.262 e. The van der Waals surface area contributed by atoms with Crippen molar-refractivity contribution in [2.45, 2.75) is 24.9 Å². The van der Waals surface area contributed by atoms with Gasteiger partial charge in [-0.25, -0.2) is 4.98 Å². The van der Waals surface area contributed by atoms with Gasteiger partial charge in [-0.15, -0.1) is 5.10 Å². The number of rotatable bonds is 4. The number of thioether (sulfide) groups is 1. The molecule has 0 aliphatic carbocycles. The molecule has 1 aromatic heterocycles. The van der Waals surface area contributed by atoms with Crippen molar-refractivity contribution in [2.75, 3.05) is 12.4 Å². The Morgan fingerprint density at radius 1 is 1.58 bits per heavy atom. The molecule has 0 aliphatic rings. The van der Waals surface area contributed by atoms with Crippen molar-refractivity contribution in [2.24, 2.45) is 0 Å². The fourth-order valence-electron chi connectivity index (χ4n) is 0.711. The van der Waals surface area contributed by atoms with Gasteiger partial charge < -0.3 is 0 Å². The van der Waals surface area contributed by atoms with E-state index in [0.29, 0.717) is 16.8 Å². The summed E-state index contributed by atoms with van der Waals surface area (Å²) >= 11 is 1.33. The first kappa shape index (κ1) is 9.51. The van der Waals surface area contributed by atoms with Gasteiger partial charge in [-0.1, -0.05) is 25.6 Å². The molecule has 0 bridgehead atoms. The van der Waals surface area contributed by atoms with Gasteiger partial charge in [-0.05, 0) is 0 Å². The van der Waals surface area contributed by atoms with E-state index >= 15 is 0 Å². The Bertz CT molecular complexity index is 236. The van der Waals surface area contributed by atoms with Crippen molar-refractivity contribution in [3.63, 3.8) is 0 Å². The number of hydrogen-bond acceptors (Lipinski definition) is 3. The molecule has 0 radical (unpaired) electrons. The molecule has 1 aromatic rings. The Morgan fingerprint density at radius 3 is 2.83 bits per heavy atom. The second-order valence-corrected chi connectivity index (χ2v) is 3.76. The molecule has 1 heterocycles. The van der Waals surface area contributed by atoms with Crippen LogP contribution in [0, 0.1) is 0 Å². The lowest BCUT2D eigenvalue weighted by Crippen LogP contribution is -1.89. The Balaban J connectivity index is 2.52. The van der Waals surface area contributed by atoms with Crippen molar-refractivity contribution in [1.82, 2.24) is 15.2 Å². The van der Waals surface area contributed by atoms with Crippen LogP contribution in [0.25, 0.3) is 0 Å². The molecule has 0 spiro atoms. The molecule has 0 saturated carbocycles. The molecular formula is C7H12FN3S. The lowest BCUT2D eigenvalue weighted by atomic mass is 10.2. The molecule has 1 rings (SSSR count). The number of nitrogens with zero attached hydrogens (tertiary/aromatic N) is 2. The van der Waals surface area contributed by atoms with Gasteiger partial charge in [-0.3, -0.25) is 9.49 Å². The van der Waals surface area contributed by atoms with Gasteiger partial charge in [0.1, 0.15) is 5.82 Å². The zero-order valence-corrected chi connectivity index (χ0v) is 7.99. The van der Waals surface area contributed by atoms with E-state index in [2.05, 4.69) is 15.2 Å². The molecule has 68 valence electrons. The average molecular weight is 189 g/mol. The van der Waals surface area contributed by atoms with Gasteiger partial charge in [0, 0.05) is 11.7 Å². The number of aromatic amines is 1. The van der Waals surface area contributed by atoms with Crippen LogP contribution in [0.15, 0.2) is 5.16 Å². The number of halogens is 1. The summed E-state index contributed by atoms with van der Waals surface area (Å²) in [5.41, 5.74) is 0. The molecule has 5 heteroatoms. The van der Waals surface area contributed by atoms with Crippen LogP contribution in [0.2, 0.25) is 0 Å². The summed E-state index contributed by atoms with van der Waals surface area (Å²) in [5, 5.41) is 7.38. The fourth-order valence-corrected chi connectivity index (χ4v) is 1.24. The third-order valence-corrected chi connectivity index (χ3v) is 2.14. The van der Waals surface area contributed by atoms with Crippen LogP contribution in [-0.4, -0.2) is 27.6 Å². The molecule has 0 aliphatic heterocycles. The quantitative estimate of drug-likeness (QED) is 0.736. The van der Waals surface area contributed by atoms with E-state index in [9.17, 15) is 4.39 Å². The van der Waals surface area contributed by atoms with Gasteiger partial charge in [0.2, 0.25) is 5.16 Å². The van der Waals surface area contributed by atoms with Crippen LogP contribution in [-0.2, 0) is 0 Å². The SMILES string of the molecule is CC(C)c1nc(SCCF)n[nH]1. The predicted molar refractivity (Wildman–Crippen MR) is 47.2 cm³/mol. The van der Waals surface area contributed by atoms with Crippen LogP contribution >= 0.6 is 11.8 Å². The maximum Gasteiger partial charge on any atom is 0.208 e. The third-order valence-electron chi connectivity index (χ3n) is 1.34. The first-order chi connectivity index (χ1) is 5.74. The summed E-state index contributed by atoms with van der Waals surface area (Å²) in [6.07, 6.45) is 0. The largest absolute Gasteiger partial charge is 0.262 e. The van der Waals surface area contributed by atoms with E-state index in [1.165, 1.54) is 11.8 Å². The number of nitrogens with one attached hydrogen (secondary N) is 1. The highest BCUT2D eigenvalue weighted by atomic mass is 32.2. The van der Waals surface area contributed by atoms with E-state index in [0.717, 1.165) is 5.82 Å². The average Bonchev–Trinajstić information content (AvgIpc) is 2.48. The van der Waals surface area contributed by atoms with Crippen molar-refractivity contribution in [3.05, 3.63) is 5.82 Å². The van der Waals surface area contributed by atoms with E-state index in [4.69, 9.17) is 0 Å². The number of alkyl halides is 1. The van der Waals surface area contributed by atoms with Crippen molar-refractivity contribution in [1.29, 1.82) is 0 Å². The molecule has 0 amide bonds. The number of hydrogen-bond donors (Lipinski definition) is 1. The zero-order chi connectivity index (χ0) is 8.97. The molecule has 0 saturated heterocycles. The fraction of sp³-hybridized carbons (Fsp3) is 0.714. The summed E-state index contributed by atoms with van der Waals surface area (Å²) in [4.78, 5) is 4.18. The Morgan fingerprint density at radius 2 is 2.33 bits per heavy atom. The first-order valence-electron chi connectivity index (χ1n) is 3.85. The van der Waals surface area contributed by atoms with E-state index in [-0.39, 0.29) is 6.67 Å². The third kappa shape index (κ3) is 2.48. The monoisotopic (exact) mass is 189 g/mol. The molecule has 12 heavy (non-hydrogen) atoms. The molecule has 0 atom stereocenters. The maximum atomic E-state index is 11.8. The molecule has 0 fully saturated rings. The van der Waals surface area contributed by atoms with E-state index < -0.39 is 0 Å². The topological polar surface area (TPSA) is 41.6 Å². The smallest absolute Gasteiger partial charge is 0.208 e. The second kappa shape index (κ2) is 4.45. The number of aromatic nitrogens is 3. The van der Waals surface area contributed by atoms with Gasteiger partial charge in [0.05, 0.1) is 6.67 Å². The number of H-pyrrole nitrogens is 1. The highest BCUT2D eigenvalue weighted by Crippen LogP contribution is 2.15. The standard InChI is InChI=1S/C7H12FN3S/c1-5(2)6-9-7(11-10-6)12-4-3-8/h5H,3-4H2,1-2H3,(H,9,10,11). The van der Waals surface area contributed by atoms with Crippen LogP contribution in [0.5, 0.6) is 0 Å². The van der Waals surface area contributed by atoms with Crippen LogP contribution < -0.4 is 0 Å². The Kier molecular flexibility index (Phi) is 3.52. The van der Waals surface area contributed by atoms with E-state index in [1.807, 2.05) is 13.8 Å². The van der Waals surface area contributed by atoms with Gasteiger partial charge >= 0.3 is 0 Å². The minimum atomic E-state index is -0.337. The lowest BCUT2D eigenvalue weighted by Gasteiger charge is -1.94. The van der Waals surface area contributed by atoms with Gasteiger partial charge in [-0.2, -0.15) is 0 Å². The van der Waals surface area contributed by atoms with Crippen LogP contribution in [0.1, 0.15) is 25.6 Å². The molecule has 0 aromatic carbocycles. The van der Waals surface area contributed by atoms with Crippen molar-refractivity contribution in [3.8, 4) is 0 Å². The molecule has 1 N–H and O–H groups in total. The highest BCUT2D eigenvalue weighted by molar-refractivity contribution is 7.99. The van der Waals surface area contributed by atoms with Crippen LogP contribution in [0.3, 0.4) is 0 Å². The highest BCUT2D eigenvalue weighted by Gasteiger charge is 2.05. The minimum absolute atomic E-state index is 0.337. The molecular weight excluding hydrogens is 177 g/mol. The van der Waals surface area contributed by atoms with Crippen molar-refractivity contribution >= 4 is 11.8 Å². The van der Waals surface area contributed by atoms with Gasteiger partial charge in [0.25, 0.3) is 0 Å². The normalized spacial score (nSPS) is 11.0. The molecule has 3 nitrogen and oxygen atoms in total. The second-order valence-electron chi connectivity index (χ2n) is 2.70. The lowest BCUT2D eigenvalue weighted by molar-refractivity contribution is 0.532.